The third kappa shape index (κ3) is 5.15. The predicted octanol–water partition coefficient (Wildman–Crippen LogP) is 4.03. The van der Waals surface area contributed by atoms with Crippen molar-refractivity contribution in [1.82, 2.24) is 14.8 Å². The topological polar surface area (TPSA) is 76.9 Å². The van der Waals surface area contributed by atoms with Gasteiger partial charge in [-0.05, 0) is 42.8 Å². The fraction of sp³-hybridized carbons (Fsp3) is 0.158. The molecule has 0 saturated heterocycles. The normalized spacial score (nSPS) is 10.6. The summed E-state index contributed by atoms with van der Waals surface area (Å²) in [4.78, 5) is 28.1. The van der Waals surface area contributed by atoms with Gasteiger partial charge in [0.25, 0.3) is 5.56 Å². The molecule has 0 radical (unpaired) electrons. The number of carbonyl (C=O) groups excluding carboxylic acids is 1. The highest BCUT2D eigenvalue weighted by Crippen LogP contribution is 2.25. The van der Waals surface area contributed by atoms with Gasteiger partial charge < -0.3 is 5.32 Å². The molecule has 0 saturated carbocycles. The second-order valence-electron chi connectivity index (χ2n) is 5.79. The number of nitrogens with zero attached hydrogens (tertiary/aromatic N) is 3. The monoisotopic (exact) mass is 402 g/mol. The number of halogens is 2. The lowest BCUT2D eigenvalue weighted by atomic mass is 10.2. The van der Waals surface area contributed by atoms with Crippen LogP contribution < -0.4 is 10.9 Å². The molecule has 27 heavy (non-hydrogen) atoms. The Hall–Kier alpha value is -2.70. The lowest BCUT2D eigenvalue weighted by Crippen LogP contribution is -2.23. The van der Waals surface area contributed by atoms with E-state index in [9.17, 15) is 9.59 Å². The van der Waals surface area contributed by atoms with E-state index in [1.54, 1.807) is 36.7 Å². The third-order valence-electron chi connectivity index (χ3n) is 3.82. The van der Waals surface area contributed by atoms with Crippen molar-refractivity contribution < 1.29 is 4.79 Å². The maximum absolute atomic E-state index is 12.1. The van der Waals surface area contributed by atoms with Crippen molar-refractivity contribution in [2.75, 3.05) is 5.32 Å². The van der Waals surface area contributed by atoms with Crippen LogP contribution in [-0.2, 0) is 11.3 Å². The van der Waals surface area contributed by atoms with Crippen LogP contribution in [0.3, 0.4) is 0 Å². The summed E-state index contributed by atoms with van der Waals surface area (Å²) in [7, 11) is 0. The second kappa shape index (κ2) is 8.79. The highest BCUT2D eigenvalue weighted by Gasteiger charge is 2.08. The molecule has 8 heteroatoms. The summed E-state index contributed by atoms with van der Waals surface area (Å²) in [6, 6.07) is 11.6. The predicted molar refractivity (Wildman–Crippen MR) is 106 cm³/mol. The molecule has 0 unspecified atom stereocenters. The molecule has 3 aromatic rings. The Morgan fingerprint density at radius 3 is 2.59 bits per heavy atom. The van der Waals surface area contributed by atoms with Crippen molar-refractivity contribution in [3.8, 4) is 11.3 Å². The van der Waals surface area contributed by atoms with Gasteiger partial charge in [-0.2, -0.15) is 5.10 Å². The highest BCUT2D eigenvalue weighted by molar-refractivity contribution is 6.36. The van der Waals surface area contributed by atoms with Crippen molar-refractivity contribution >= 4 is 34.8 Å². The minimum absolute atomic E-state index is 0.197. The number of aromatic nitrogens is 3. The first kappa shape index (κ1) is 19.1. The molecular formula is C19H16Cl2N4O2. The van der Waals surface area contributed by atoms with Crippen molar-refractivity contribution in [3.05, 3.63) is 75.3 Å². The molecule has 1 aromatic carbocycles. The van der Waals surface area contributed by atoms with Crippen LogP contribution in [0.1, 0.15) is 12.8 Å². The summed E-state index contributed by atoms with van der Waals surface area (Å²) < 4.78 is 1.36. The van der Waals surface area contributed by atoms with E-state index in [0.29, 0.717) is 34.4 Å². The Labute approximate surface area is 165 Å². The van der Waals surface area contributed by atoms with E-state index in [4.69, 9.17) is 23.2 Å². The van der Waals surface area contributed by atoms with E-state index in [2.05, 4.69) is 15.4 Å². The average Bonchev–Trinajstić information content (AvgIpc) is 2.66. The summed E-state index contributed by atoms with van der Waals surface area (Å²) >= 11 is 11.9. The van der Waals surface area contributed by atoms with E-state index in [1.165, 1.54) is 10.7 Å². The molecule has 1 amide bonds. The van der Waals surface area contributed by atoms with Gasteiger partial charge >= 0.3 is 0 Å². The number of hydrogen-bond donors (Lipinski definition) is 1. The van der Waals surface area contributed by atoms with Crippen LogP contribution >= 0.6 is 23.2 Å². The van der Waals surface area contributed by atoms with Gasteiger partial charge in [-0.25, -0.2) is 4.68 Å². The van der Waals surface area contributed by atoms with Gasteiger partial charge in [0.05, 0.1) is 16.4 Å². The summed E-state index contributed by atoms with van der Waals surface area (Å²) in [5, 5.41) is 7.96. The molecular weight excluding hydrogens is 387 g/mol. The second-order valence-corrected chi connectivity index (χ2v) is 6.64. The van der Waals surface area contributed by atoms with Gasteiger partial charge in [-0.15, -0.1) is 0 Å². The Balaban J connectivity index is 1.60. The minimum Gasteiger partial charge on any atom is -0.325 e. The number of rotatable bonds is 6. The third-order valence-corrected chi connectivity index (χ3v) is 4.37. The van der Waals surface area contributed by atoms with E-state index in [-0.39, 0.29) is 17.9 Å². The van der Waals surface area contributed by atoms with Gasteiger partial charge in [0, 0.05) is 42.0 Å². The molecule has 0 spiro atoms. The molecule has 1 N–H and O–H groups in total. The van der Waals surface area contributed by atoms with Gasteiger partial charge in [0.1, 0.15) is 0 Å². The molecule has 0 fully saturated rings. The van der Waals surface area contributed by atoms with Crippen molar-refractivity contribution in [3.63, 3.8) is 0 Å². The van der Waals surface area contributed by atoms with E-state index >= 15 is 0 Å². The van der Waals surface area contributed by atoms with Crippen LogP contribution in [0.2, 0.25) is 10.0 Å². The Kier molecular flexibility index (Phi) is 6.21. The number of hydrogen-bond acceptors (Lipinski definition) is 4. The Morgan fingerprint density at radius 1 is 1.07 bits per heavy atom. The quantitative estimate of drug-likeness (QED) is 0.674. The summed E-state index contributed by atoms with van der Waals surface area (Å²) in [5.41, 5.74) is 1.83. The van der Waals surface area contributed by atoms with Gasteiger partial charge in [-0.1, -0.05) is 23.2 Å². The van der Waals surface area contributed by atoms with Crippen LogP contribution in [0.25, 0.3) is 11.3 Å². The zero-order valence-electron chi connectivity index (χ0n) is 14.2. The highest BCUT2D eigenvalue weighted by atomic mass is 35.5. The maximum atomic E-state index is 12.1. The zero-order chi connectivity index (χ0) is 19.2. The number of amides is 1. The first-order valence-electron chi connectivity index (χ1n) is 8.26. The molecule has 0 bridgehead atoms. The maximum Gasteiger partial charge on any atom is 0.266 e. The van der Waals surface area contributed by atoms with Crippen molar-refractivity contribution in [1.29, 1.82) is 0 Å². The Morgan fingerprint density at radius 2 is 1.85 bits per heavy atom. The fourth-order valence-electron chi connectivity index (χ4n) is 2.48. The number of anilines is 1. The lowest BCUT2D eigenvalue weighted by Gasteiger charge is -2.09. The van der Waals surface area contributed by atoms with Crippen LogP contribution in [-0.4, -0.2) is 20.7 Å². The largest absolute Gasteiger partial charge is 0.325 e. The minimum atomic E-state index is -0.214. The molecule has 2 heterocycles. The molecule has 0 aliphatic carbocycles. The van der Waals surface area contributed by atoms with Crippen LogP contribution in [0.4, 0.5) is 5.69 Å². The number of pyridine rings is 1. The molecule has 138 valence electrons. The molecule has 0 atom stereocenters. The standard InChI is InChI=1S/C19H16Cl2N4O2/c20-14-3-4-17(15(21)12-14)23-18(26)2-1-11-25-19(27)6-5-16(24-25)13-7-9-22-10-8-13/h3-10,12H,1-2,11H2,(H,23,26). The summed E-state index contributed by atoms with van der Waals surface area (Å²) in [6.45, 7) is 0.333. The van der Waals surface area contributed by atoms with Crippen LogP contribution in [0.15, 0.2) is 59.7 Å². The zero-order valence-corrected chi connectivity index (χ0v) is 15.7. The Bertz CT molecular complexity index is 1010. The van der Waals surface area contributed by atoms with Gasteiger partial charge in [-0.3, -0.25) is 14.6 Å². The number of aryl methyl sites for hydroxylation is 1. The number of benzene rings is 1. The number of nitrogens with one attached hydrogen (secondary N) is 1. The van der Waals surface area contributed by atoms with Gasteiger partial charge in [0.2, 0.25) is 5.91 Å². The smallest absolute Gasteiger partial charge is 0.266 e. The molecule has 0 aliphatic rings. The molecule has 3 rings (SSSR count). The SMILES string of the molecule is O=C(CCCn1nc(-c2ccncc2)ccc1=O)Nc1ccc(Cl)cc1Cl. The average molecular weight is 403 g/mol. The van der Waals surface area contributed by atoms with Crippen LogP contribution in [0, 0.1) is 0 Å². The van der Waals surface area contributed by atoms with Crippen LogP contribution in [0.5, 0.6) is 0 Å². The fourth-order valence-corrected chi connectivity index (χ4v) is 2.93. The first-order valence-corrected chi connectivity index (χ1v) is 9.02. The van der Waals surface area contributed by atoms with Crippen molar-refractivity contribution in [2.24, 2.45) is 0 Å². The first-order chi connectivity index (χ1) is 13.0. The van der Waals surface area contributed by atoms with E-state index in [1.807, 2.05) is 12.1 Å². The molecule has 0 aliphatic heterocycles. The summed E-state index contributed by atoms with van der Waals surface area (Å²) in [6.07, 6.45) is 4.02. The molecule has 2 aromatic heterocycles. The lowest BCUT2D eigenvalue weighted by molar-refractivity contribution is -0.116. The number of carbonyl (C=O) groups is 1. The van der Waals surface area contributed by atoms with E-state index < -0.39 is 0 Å². The molecule has 6 nitrogen and oxygen atoms in total. The summed E-state index contributed by atoms with van der Waals surface area (Å²) in [5.74, 6) is -0.197. The van der Waals surface area contributed by atoms with E-state index in [0.717, 1.165) is 5.56 Å². The van der Waals surface area contributed by atoms with Crippen molar-refractivity contribution in [2.45, 2.75) is 19.4 Å². The van der Waals surface area contributed by atoms with Gasteiger partial charge in [0.15, 0.2) is 0 Å².